The molecule has 0 spiro atoms. The van der Waals surface area contributed by atoms with Crippen molar-refractivity contribution < 1.29 is 4.79 Å². The van der Waals surface area contributed by atoms with Gasteiger partial charge in [-0.1, -0.05) is 35.0 Å². The highest BCUT2D eigenvalue weighted by Gasteiger charge is 2.16. The number of benzene rings is 2. The molecule has 1 amide bonds. The Bertz CT molecular complexity index is 863. The Labute approximate surface area is 152 Å². The Hall–Kier alpha value is -2.15. The zero-order valence-corrected chi connectivity index (χ0v) is 14.5. The lowest BCUT2D eigenvalue weighted by molar-refractivity contribution is 0.102. The van der Waals surface area contributed by atoms with Crippen LogP contribution in [0.3, 0.4) is 0 Å². The summed E-state index contributed by atoms with van der Waals surface area (Å²) < 4.78 is 0. The van der Waals surface area contributed by atoms with E-state index in [1.165, 1.54) is 11.8 Å². The van der Waals surface area contributed by atoms with Crippen LogP contribution in [0.5, 0.6) is 0 Å². The lowest BCUT2D eigenvalue weighted by Crippen LogP contribution is -2.13. The number of anilines is 2. The highest BCUT2D eigenvalue weighted by atomic mass is 35.5. The lowest BCUT2D eigenvalue weighted by Gasteiger charge is -2.07. The highest BCUT2D eigenvalue weighted by molar-refractivity contribution is 7.99. The molecular formula is C16H12Cl2N4OS. The molecular weight excluding hydrogens is 367 g/mol. The summed E-state index contributed by atoms with van der Waals surface area (Å²) in [6, 6.07) is 13.9. The summed E-state index contributed by atoms with van der Waals surface area (Å²) >= 11 is 13.1. The summed E-state index contributed by atoms with van der Waals surface area (Å²) in [5.74, 6) is -0.00787. The molecule has 0 fully saturated rings. The van der Waals surface area contributed by atoms with Crippen molar-refractivity contribution in [2.75, 3.05) is 11.1 Å². The summed E-state index contributed by atoms with van der Waals surface area (Å²) in [6.45, 7) is 0. The second kappa shape index (κ2) is 7.17. The number of carbonyl (C=O) groups excluding carboxylic acids is 1. The van der Waals surface area contributed by atoms with Crippen LogP contribution < -0.4 is 11.1 Å². The molecule has 4 N–H and O–H groups in total. The quantitative estimate of drug-likeness (QED) is 0.613. The average Bonchev–Trinajstić information content (AvgIpc) is 2.91. The van der Waals surface area contributed by atoms with Gasteiger partial charge in [0, 0.05) is 20.5 Å². The summed E-state index contributed by atoms with van der Waals surface area (Å²) in [5, 5.41) is 11.4. The van der Waals surface area contributed by atoms with Crippen molar-refractivity contribution in [2.24, 2.45) is 0 Å². The maximum absolute atomic E-state index is 12.3. The largest absolute Gasteiger partial charge is 0.382 e. The number of hydrogen-bond acceptors (Lipinski definition) is 4. The summed E-state index contributed by atoms with van der Waals surface area (Å²) in [5.41, 5.74) is 6.80. The van der Waals surface area contributed by atoms with Crippen LogP contribution in [0, 0.1) is 0 Å². The van der Waals surface area contributed by atoms with Crippen LogP contribution in [-0.4, -0.2) is 16.1 Å². The molecule has 0 atom stereocenters. The number of rotatable bonds is 4. The molecule has 3 aromatic rings. The first-order valence-corrected chi connectivity index (χ1v) is 8.44. The fourth-order valence-electron chi connectivity index (χ4n) is 1.93. The van der Waals surface area contributed by atoms with Gasteiger partial charge in [0.05, 0.1) is 0 Å². The summed E-state index contributed by atoms with van der Waals surface area (Å²) in [6.07, 6.45) is 0. The molecule has 5 nitrogen and oxygen atoms in total. The number of halogens is 2. The molecule has 0 aliphatic heterocycles. The minimum Gasteiger partial charge on any atom is -0.382 e. The average molecular weight is 379 g/mol. The number of nitrogens with two attached hydrogens (primary N) is 1. The number of amides is 1. The van der Waals surface area contributed by atoms with Gasteiger partial charge in [0.1, 0.15) is 16.5 Å². The van der Waals surface area contributed by atoms with Gasteiger partial charge < -0.3 is 11.1 Å². The molecule has 0 aliphatic carbocycles. The number of nitrogen functional groups attached to an aromatic ring is 1. The first-order chi connectivity index (χ1) is 11.5. The van der Waals surface area contributed by atoms with Crippen molar-refractivity contribution in [3.8, 4) is 0 Å². The number of aromatic amines is 1. The Balaban J connectivity index is 1.80. The number of nitrogens with one attached hydrogen (secondary N) is 2. The molecule has 0 bridgehead atoms. The topological polar surface area (TPSA) is 83.8 Å². The Morgan fingerprint density at radius 3 is 2.25 bits per heavy atom. The van der Waals surface area contributed by atoms with Crippen LogP contribution in [0.2, 0.25) is 10.0 Å². The van der Waals surface area contributed by atoms with E-state index < -0.39 is 0 Å². The lowest BCUT2D eigenvalue weighted by atomic mass is 10.2. The Morgan fingerprint density at radius 2 is 1.62 bits per heavy atom. The van der Waals surface area contributed by atoms with E-state index in [0.717, 1.165) is 4.90 Å². The van der Waals surface area contributed by atoms with Crippen molar-refractivity contribution >= 4 is 52.4 Å². The van der Waals surface area contributed by atoms with Crippen LogP contribution in [0.15, 0.2) is 58.5 Å². The van der Waals surface area contributed by atoms with Crippen molar-refractivity contribution in [1.82, 2.24) is 10.2 Å². The van der Waals surface area contributed by atoms with Crippen molar-refractivity contribution in [3.05, 3.63) is 64.1 Å². The third-order valence-electron chi connectivity index (χ3n) is 3.13. The number of carbonyl (C=O) groups is 1. The van der Waals surface area contributed by atoms with Gasteiger partial charge in [-0.25, -0.2) is 0 Å². The van der Waals surface area contributed by atoms with Gasteiger partial charge in [0.25, 0.3) is 5.91 Å². The smallest absolute Gasteiger partial charge is 0.255 e. The Kier molecular flexibility index (Phi) is 4.99. The fourth-order valence-corrected chi connectivity index (χ4v) is 3.04. The molecule has 1 heterocycles. The molecule has 122 valence electrons. The molecule has 3 rings (SSSR count). The zero-order valence-electron chi connectivity index (χ0n) is 12.2. The molecule has 8 heteroatoms. The van der Waals surface area contributed by atoms with Gasteiger partial charge in [0.15, 0.2) is 0 Å². The van der Waals surface area contributed by atoms with Crippen LogP contribution in [0.4, 0.5) is 11.5 Å². The Morgan fingerprint density at radius 1 is 1.04 bits per heavy atom. The molecule has 24 heavy (non-hydrogen) atoms. The van der Waals surface area contributed by atoms with E-state index >= 15 is 0 Å². The van der Waals surface area contributed by atoms with E-state index in [-0.39, 0.29) is 11.7 Å². The second-order valence-electron chi connectivity index (χ2n) is 4.83. The van der Waals surface area contributed by atoms with E-state index in [2.05, 4.69) is 15.5 Å². The molecule has 0 saturated heterocycles. The van der Waals surface area contributed by atoms with Crippen molar-refractivity contribution in [3.63, 3.8) is 0 Å². The molecule has 0 aliphatic rings. The maximum atomic E-state index is 12.3. The van der Waals surface area contributed by atoms with E-state index in [1.54, 1.807) is 36.4 Å². The fraction of sp³-hybridized carbons (Fsp3) is 0. The summed E-state index contributed by atoms with van der Waals surface area (Å²) in [4.78, 5) is 13.3. The number of H-pyrrole nitrogens is 1. The van der Waals surface area contributed by atoms with Gasteiger partial charge in [-0.3, -0.25) is 9.89 Å². The van der Waals surface area contributed by atoms with E-state index in [0.29, 0.717) is 26.3 Å². The number of nitrogens with zero attached hydrogens (tertiary/aromatic N) is 1. The van der Waals surface area contributed by atoms with Crippen molar-refractivity contribution in [1.29, 1.82) is 0 Å². The van der Waals surface area contributed by atoms with Gasteiger partial charge in [-0.05, 0) is 48.5 Å². The number of aromatic nitrogens is 2. The van der Waals surface area contributed by atoms with Gasteiger partial charge >= 0.3 is 0 Å². The maximum Gasteiger partial charge on any atom is 0.255 e. The van der Waals surface area contributed by atoms with Gasteiger partial charge in [0.2, 0.25) is 0 Å². The second-order valence-corrected chi connectivity index (χ2v) is 6.77. The first kappa shape index (κ1) is 16.7. The highest BCUT2D eigenvalue weighted by Crippen LogP contribution is 2.35. The molecule has 2 aromatic carbocycles. The molecule has 0 unspecified atom stereocenters. The normalized spacial score (nSPS) is 10.6. The predicted molar refractivity (Wildman–Crippen MR) is 98.0 cm³/mol. The monoisotopic (exact) mass is 378 g/mol. The SMILES string of the molecule is Nc1[nH]nc(Sc2ccc(Cl)cc2)c1NC(=O)c1ccc(Cl)cc1. The van der Waals surface area contributed by atoms with Crippen LogP contribution in [-0.2, 0) is 0 Å². The van der Waals surface area contributed by atoms with E-state index in [4.69, 9.17) is 28.9 Å². The minimum atomic E-state index is -0.294. The minimum absolute atomic E-state index is 0.286. The summed E-state index contributed by atoms with van der Waals surface area (Å²) in [7, 11) is 0. The van der Waals surface area contributed by atoms with Crippen LogP contribution >= 0.6 is 35.0 Å². The van der Waals surface area contributed by atoms with Gasteiger partial charge in [-0.15, -0.1) is 0 Å². The molecule has 0 saturated carbocycles. The van der Waals surface area contributed by atoms with E-state index in [9.17, 15) is 4.79 Å². The third kappa shape index (κ3) is 3.84. The standard InChI is InChI=1S/C16H12Cl2N4OS/c17-10-3-1-9(2-4-10)15(23)20-13-14(19)21-22-16(13)24-12-7-5-11(18)6-8-12/h1-8H,(H,20,23)(H3,19,21,22). The zero-order chi connectivity index (χ0) is 17.1. The number of hydrogen-bond donors (Lipinski definition) is 3. The molecule has 0 radical (unpaired) electrons. The van der Waals surface area contributed by atoms with Gasteiger partial charge in [-0.2, -0.15) is 5.10 Å². The first-order valence-electron chi connectivity index (χ1n) is 6.87. The van der Waals surface area contributed by atoms with E-state index in [1.807, 2.05) is 12.1 Å². The third-order valence-corrected chi connectivity index (χ3v) is 4.63. The predicted octanol–water partition coefficient (Wildman–Crippen LogP) is 4.70. The van der Waals surface area contributed by atoms with Crippen molar-refractivity contribution in [2.45, 2.75) is 9.92 Å². The van der Waals surface area contributed by atoms with Crippen LogP contribution in [0.25, 0.3) is 0 Å². The van der Waals surface area contributed by atoms with Crippen LogP contribution in [0.1, 0.15) is 10.4 Å². The molecule has 1 aromatic heterocycles.